The minimum Gasteiger partial charge on any atom is -0.393 e. The predicted octanol–water partition coefficient (Wildman–Crippen LogP) is 0.606. The molecule has 0 aromatic heterocycles. The van der Waals surface area contributed by atoms with Gasteiger partial charge in [0.1, 0.15) is 0 Å². The first kappa shape index (κ1) is 12.4. The first-order valence-electron chi connectivity index (χ1n) is 6.20. The first-order valence-corrected chi connectivity index (χ1v) is 6.20. The zero-order valence-corrected chi connectivity index (χ0v) is 10.0. The normalized spacial score (nSPS) is 19.4. The molecule has 1 saturated heterocycles. The number of hydrogen-bond acceptors (Lipinski definition) is 4. The van der Waals surface area contributed by atoms with Gasteiger partial charge >= 0.3 is 0 Å². The van der Waals surface area contributed by atoms with Gasteiger partial charge in [0, 0.05) is 31.4 Å². The Labute approximate surface area is 102 Å². The lowest BCUT2D eigenvalue weighted by Gasteiger charge is -2.33. The van der Waals surface area contributed by atoms with Crippen LogP contribution in [0.2, 0.25) is 0 Å². The second-order valence-corrected chi connectivity index (χ2v) is 4.62. The lowest BCUT2D eigenvalue weighted by molar-refractivity contribution is 0.145. The van der Waals surface area contributed by atoms with E-state index in [4.69, 9.17) is 11.5 Å². The minimum atomic E-state index is -0.151. The number of aliphatic hydroxyl groups is 1. The molecule has 0 unspecified atom stereocenters. The van der Waals surface area contributed by atoms with Crippen LogP contribution < -0.4 is 16.4 Å². The van der Waals surface area contributed by atoms with Gasteiger partial charge in [-0.1, -0.05) is 18.2 Å². The molecular formula is C13H21N3O. The Morgan fingerprint density at radius 3 is 2.59 bits per heavy atom. The Bertz CT molecular complexity index is 361. The molecule has 0 radical (unpaired) electrons. The van der Waals surface area contributed by atoms with Crippen molar-refractivity contribution in [2.75, 3.05) is 24.5 Å². The lowest BCUT2D eigenvalue weighted by atomic mass is 10.0. The number of benzene rings is 1. The first-order chi connectivity index (χ1) is 8.22. The van der Waals surface area contributed by atoms with Crippen molar-refractivity contribution in [1.29, 1.82) is 0 Å². The number of hydrogen-bond donors (Lipinski definition) is 3. The largest absolute Gasteiger partial charge is 0.393 e. The Kier molecular flexibility index (Phi) is 3.99. The van der Waals surface area contributed by atoms with Gasteiger partial charge in [0.05, 0.1) is 6.10 Å². The molecule has 2 rings (SSSR count). The van der Waals surface area contributed by atoms with Crippen molar-refractivity contribution in [3.8, 4) is 0 Å². The van der Waals surface area contributed by atoms with Gasteiger partial charge in [-0.25, -0.2) is 0 Å². The fourth-order valence-electron chi connectivity index (χ4n) is 2.32. The molecule has 4 nitrogen and oxygen atoms in total. The second-order valence-electron chi connectivity index (χ2n) is 4.62. The summed E-state index contributed by atoms with van der Waals surface area (Å²) in [4.78, 5) is 2.29. The number of para-hydroxylation sites is 1. The molecular weight excluding hydrogens is 214 g/mol. The third kappa shape index (κ3) is 2.77. The smallest absolute Gasteiger partial charge is 0.0574 e. The summed E-state index contributed by atoms with van der Waals surface area (Å²) < 4.78 is 0. The molecule has 1 atom stereocenters. The summed E-state index contributed by atoms with van der Waals surface area (Å²) in [6.45, 7) is 2.22. The quantitative estimate of drug-likeness (QED) is 0.717. The van der Waals surface area contributed by atoms with E-state index in [2.05, 4.69) is 11.0 Å². The van der Waals surface area contributed by atoms with Crippen LogP contribution in [-0.2, 0) is 0 Å². The number of aliphatic hydroxyl groups excluding tert-OH is 1. The van der Waals surface area contributed by atoms with Crippen LogP contribution in [0.15, 0.2) is 24.3 Å². The zero-order valence-electron chi connectivity index (χ0n) is 10.0. The van der Waals surface area contributed by atoms with Crippen LogP contribution in [0.3, 0.4) is 0 Å². The predicted molar refractivity (Wildman–Crippen MR) is 69.9 cm³/mol. The SMILES string of the molecule is NC[C@@H](N)c1ccccc1N1CCC(O)CC1. The second kappa shape index (κ2) is 5.49. The Morgan fingerprint density at radius 1 is 1.29 bits per heavy atom. The summed E-state index contributed by atoms with van der Waals surface area (Å²) in [5.41, 5.74) is 13.9. The molecule has 1 aromatic carbocycles. The zero-order chi connectivity index (χ0) is 12.3. The van der Waals surface area contributed by atoms with Crippen molar-refractivity contribution in [3.63, 3.8) is 0 Å². The van der Waals surface area contributed by atoms with Crippen molar-refractivity contribution >= 4 is 5.69 Å². The van der Waals surface area contributed by atoms with E-state index in [1.807, 2.05) is 18.2 Å². The van der Waals surface area contributed by atoms with Gasteiger partial charge in [-0.2, -0.15) is 0 Å². The Hall–Kier alpha value is -1.10. The van der Waals surface area contributed by atoms with E-state index in [0.29, 0.717) is 6.54 Å². The molecule has 0 aliphatic carbocycles. The van der Waals surface area contributed by atoms with Gasteiger partial charge < -0.3 is 21.5 Å². The fraction of sp³-hybridized carbons (Fsp3) is 0.538. The summed E-state index contributed by atoms with van der Waals surface area (Å²) in [6.07, 6.45) is 1.50. The van der Waals surface area contributed by atoms with Gasteiger partial charge in [-0.05, 0) is 24.5 Å². The average molecular weight is 235 g/mol. The highest BCUT2D eigenvalue weighted by atomic mass is 16.3. The van der Waals surface area contributed by atoms with E-state index in [0.717, 1.165) is 37.2 Å². The highest BCUT2D eigenvalue weighted by Gasteiger charge is 2.20. The third-order valence-corrected chi connectivity index (χ3v) is 3.40. The maximum atomic E-state index is 9.53. The number of rotatable bonds is 3. The maximum Gasteiger partial charge on any atom is 0.0574 e. The molecule has 1 aliphatic heterocycles. The fourth-order valence-corrected chi connectivity index (χ4v) is 2.32. The molecule has 0 saturated carbocycles. The van der Waals surface area contributed by atoms with Crippen LogP contribution in [0.5, 0.6) is 0 Å². The van der Waals surface area contributed by atoms with Gasteiger partial charge in [-0.15, -0.1) is 0 Å². The van der Waals surface area contributed by atoms with Crippen LogP contribution in [0.25, 0.3) is 0 Å². The van der Waals surface area contributed by atoms with Crippen LogP contribution >= 0.6 is 0 Å². The molecule has 1 aliphatic rings. The Morgan fingerprint density at radius 2 is 1.94 bits per heavy atom. The highest BCUT2D eigenvalue weighted by molar-refractivity contribution is 5.55. The number of nitrogens with two attached hydrogens (primary N) is 2. The van der Waals surface area contributed by atoms with Gasteiger partial charge in [0.2, 0.25) is 0 Å². The van der Waals surface area contributed by atoms with Crippen molar-refractivity contribution in [3.05, 3.63) is 29.8 Å². The van der Waals surface area contributed by atoms with E-state index in [-0.39, 0.29) is 12.1 Å². The molecule has 0 amide bonds. The van der Waals surface area contributed by atoms with E-state index in [9.17, 15) is 5.11 Å². The summed E-state index contributed by atoms with van der Waals surface area (Å²) >= 11 is 0. The topological polar surface area (TPSA) is 75.5 Å². The van der Waals surface area contributed by atoms with E-state index < -0.39 is 0 Å². The van der Waals surface area contributed by atoms with Crippen molar-refractivity contribution < 1.29 is 5.11 Å². The number of anilines is 1. The molecule has 5 N–H and O–H groups in total. The molecule has 4 heteroatoms. The maximum absolute atomic E-state index is 9.53. The summed E-state index contributed by atoms with van der Waals surface area (Å²) in [5.74, 6) is 0. The lowest BCUT2D eigenvalue weighted by Crippen LogP contribution is -2.37. The average Bonchev–Trinajstić information content (AvgIpc) is 2.39. The van der Waals surface area contributed by atoms with E-state index in [1.54, 1.807) is 0 Å². The number of nitrogens with zero attached hydrogens (tertiary/aromatic N) is 1. The molecule has 0 bridgehead atoms. The molecule has 0 spiro atoms. The highest BCUT2D eigenvalue weighted by Crippen LogP contribution is 2.27. The van der Waals surface area contributed by atoms with Crippen molar-refractivity contribution in [2.24, 2.45) is 11.5 Å². The summed E-state index contributed by atoms with van der Waals surface area (Å²) in [5, 5.41) is 9.53. The monoisotopic (exact) mass is 235 g/mol. The molecule has 1 aromatic rings. The standard InChI is InChI=1S/C13H21N3O/c14-9-12(15)11-3-1-2-4-13(11)16-7-5-10(17)6-8-16/h1-4,10,12,17H,5-9,14-15H2/t12-/m1/s1. The number of piperidine rings is 1. The van der Waals surface area contributed by atoms with Crippen molar-refractivity contribution in [1.82, 2.24) is 0 Å². The summed E-state index contributed by atoms with van der Waals surface area (Å²) in [6, 6.07) is 8.03. The van der Waals surface area contributed by atoms with Gasteiger partial charge in [0.25, 0.3) is 0 Å². The van der Waals surface area contributed by atoms with E-state index in [1.165, 1.54) is 0 Å². The molecule has 17 heavy (non-hydrogen) atoms. The van der Waals surface area contributed by atoms with Gasteiger partial charge in [0.15, 0.2) is 0 Å². The van der Waals surface area contributed by atoms with Gasteiger partial charge in [-0.3, -0.25) is 0 Å². The van der Waals surface area contributed by atoms with Crippen LogP contribution in [0.1, 0.15) is 24.4 Å². The molecule has 1 heterocycles. The Balaban J connectivity index is 2.19. The summed E-state index contributed by atoms with van der Waals surface area (Å²) in [7, 11) is 0. The third-order valence-electron chi connectivity index (χ3n) is 3.40. The molecule has 1 fully saturated rings. The van der Waals surface area contributed by atoms with Crippen LogP contribution in [-0.4, -0.2) is 30.8 Å². The van der Waals surface area contributed by atoms with Crippen LogP contribution in [0, 0.1) is 0 Å². The molecule has 94 valence electrons. The minimum absolute atomic E-state index is 0.113. The van der Waals surface area contributed by atoms with E-state index >= 15 is 0 Å². The van der Waals surface area contributed by atoms with Crippen molar-refractivity contribution in [2.45, 2.75) is 25.0 Å². The van der Waals surface area contributed by atoms with Crippen LogP contribution in [0.4, 0.5) is 5.69 Å².